The molecule has 0 fully saturated rings. The lowest BCUT2D eigenvalue weighted by Crippen LogP contribution is -2.32. The van der Waals surface area contributed by atoms with E-state index in [-0.39, 0.29) is 11.7 Å². The molecule has 2 aromatic carbocycles. The second-order valence-corrected chi connectivity index (χ2v) is 7.90. The van der Waals surface area contributed by atoms with Crippen molar-refractivity contribution in [2.45, 2.75) is 25.0 Å². The first-order chi connectivity index (χ1) is 14.7. The maximum atomic E-state index is 12.9. The van der Waals surface area contributed by atoms with Crippen LogP contribution >= 0.6 is 23.4 Å². The van der Waals surface area contributed by atoms with Crippen molar-refractivity contribution in [1.29, 1.82) is 0 Å². The normalized spacial score (nSPS) is 10.9. The van der Waals surface area contributed by atoms with Crippen LogP contribution in [-0.4, -0.2) is 46.7 Å². The Labute approximate surface area is 186 Å². The van der Waals surface area contributed by atoms with E-state index in [0.29, 0.717) is 35.7 Å². The summed E-state index contributed by atoms with van der Waals surface area (Å²) in [5.74, 6) is 0.995. The minimum Gasteiger partial charge on any atom is -0.385 e. The number of hydrogen-bond donors (Lipinski definition) is 0. The van der Waals surface area contributed by atoms with Crippen LogP contribution in [0.2, 0.25) is 5.02 Å². The number of methoxy groups -OCH3 is 1. The fourth-order valence-electron chi connectivity index (χ4n) is 3.12. The molecule has 1 heterocycles. The molecule has 3 aromatic rings. The summed E-state index contributed by atoms with van der Waals surface area (Å²) in [4.78, 5) is 14.6. The summed E-state index contributed by atoms with van der Waals surface area (Å²) in [5, 5.41) is 10.0. The van der Waals surface area contributed by atoms with Gasteiger partial charge in [0, 0.05) is 38.1 Å². The van der Waals surface area contributed by atoms with Gasteiger partial charge in [-0.25, -0.2) is 0 Å². The molecular formula is C22H25ClN4O2S. The third-order valence-electron chi connectivity index (χ3n) is 4.57. The van der Waals surface area contributed by atoms with Crippen LogP contribution in [-0.2, 0) is 16.1 Å². The predicted molar refractivity (Wildman–Crippen MR) is 122 cm³/mol. The van der Waals surface area contributed by atoms with E-state index in [9.17, 15) is 4.79 Å². The molecule has 1 amide bonds. The highest BCUT2D eigenvalue weighted by molar-refractivity contribution is 7.99. The number of nitrogens with zero attached hydrogens (tertiary/aromatic N) is 4. The number of rotatable bonds is 10. The van der Waals surface area contributed by atoms with E-state index in [1.807, 2.05) is 66.1 Å². The van der Waals surface area contributed by atoms with Crippen LogP contribution in [0.4, 0.5) is 5.69 Å². The van der Waals surface area contributed by atoms with Crippen LogP contribution in [0.1, 0.15) is 13.3 Å². The van der Waals surface area contributed by atoms with Crippen molar-refractivity contribution in [2.24, 2.45) is 0 Å². The van der Waals surface area contributed by atoms with E-state index in [2.05, 4.69) is 10.2 Å². The van der Waals surface area contributed by atoms with Crippen molar-refractivity contribution in [3.05, 3.63) is 59.6 Å². The lowest BCUT2D eigenvalue weighted by atomic mass is 10.2. The van der Waals surface area contributed by atoms with Gasteiger partial charge in [-0.2, -0.15) is 0 Å². The Bertz CT molecular complexity index is 965. The number of carbonyl (C=O) groups excluding carboxylic acids is 1. The number of carbonyl (C=O) groups is 1. The Morgan fingerprint density at radius 2 is 1.87 bits per heavy atom. The number of amides is 1. The van der Waals surface area contributed by atoms with Gasteiger partial charge in [0.25, 0.3) is 0 Å². The Kier molecular flexibility index (Phi) is 8.30. The van der Waals surface area contributed by atoms with Crippen LogP contribution in [0.25, 0.3) is 11.4 Å². The molecule has 6 nitrogen and oxygen atoms in total. The van der Waals surface area contributed by atoms with Crippen LogP contribution in [0, 0.1) is 0 Å². The molecule has 30 heavy (non-hydrogen) atoms. The van der Waals surface area contributed by atoms with Crippen LogP contribution in [0.3, 0.4) is 0 Å². The molecule has 0 saturated heterocycles. The summed E-state index contributed by atoms with van der Waals surface area (Å²) in [7, 11) is 1.68. The van der Waals surface area contributed by atoms with Crippen molar-refractivity contribution in [2.75, 3.05) is 30.9 Å². The molecular weight excluding hydrogens is 420 g/mol. The first-order valence-corrected chi connectivity index (χ1v) is 11.2. The molecule has 0 radical (unpaired) electrons. The monoisotopic (exact) mass is 444 g/mol. The molecule has 1 aromatic heterocycles. The van der Waals surface area contributed by atoms with Gasteiger partial charge in [0.2, 0.25) is 5.91 Å². The molecule has 0 unspecified atom stereocenters. The minimum atomic E-state index is 0.0273. The number of halogens is 1. The summed E-state index contributed by atoms with van der Waals surface area (Å²) in [6.45, 7) is 3.88. The van der Waals surface area contributed by atoms with Crippen LogP contribution < -0.4 is 4.90 Å². The van der Waals surface area contributed by atoms with E-state index >= 15 is 0 Å². The predicted octanol–water partition coefficient (Wildman–Crippen LogP) is 4.78. The summed E-state index contributed by atoms with van der Waals surface area (Å²) in [6, 6.07) is 17.2. The highest BCUT2D eigenvalue weighted by atomic mass is 35.5. The highest BCUT2D eigenvalue weighted by Gasteiger charge is 2.19. The Balaban J connectivity index is 1.79. The molecule has 0 saturated carbocycles. The van der Waals surface area contributed by atoms with Crippen molar-refractivity contribution in [3.63, 3.8) is 0 Å². The first kappa shape index (κ1) is 22.3. The lowest BCUT2D eigenvalue weighted by molar-refractivity contribution is -0.116. The zero-order valence-corrected chi connectivity index (χ0v) is 18.7. The topological polar surface area (TPSA) is 60.2 Å². The van der Waals surface area contributed by atoms with Gasteiger partial charge in [-0.1, -0.05) is 53.7 Å². The molecule has 8 heteroatoms. The second kappa shape index (κ2) is 11.2. The third kappa shape index (κ3) is 5.41. The SMILES string of the molecule is CCN(C(=O)CSc1nnc(-c2ccccc2Cl)n1CCCOC)c1ccccc1. The fraction of sp³-hybridized carbons (Fsp3) is 0.318. The highest BCUT2D eigenvalue weighted by Crippen LogP contribution is 2.29. The van der Waals surface area contributed by atoms with Gasteiger partial charge in [0.15, 0.2) is 11.0 Å². The molecule has 0 aliphatic rings. The molecule has 0 aliphatic carbocycles. The number of para-hydroxylation sites is 1. The van der Waals surface area contributed by atoms with Crippen LogP contribution in [0.5, 0.6) is 0 Å². The van der Waals surface area contributed by atoms with Crippen molar-refractivity contribution in [3.8, 4) is 11.4 Å². The minimum absolute atomic E-state index is 0.0273. The number of aromatic nitrogens is 3. The van der Waals surface area contributed by atoms with E-state index in [4.69, 9.17) is 16.3 Å². The van der Waals surface area contributed by atoms with E-state index in [1.54, 1.807) is 12.0 Å². The van der Waals surface area contributed by atoms with Gasteiger partial charge >= 0.3 is 0 Å². The zero-order chi connectivity index (χ0) is 21.3. The van der Waals surface area contributed by atoms with E-state index < -0.39 is 0 Å². The summed E-state index contributed by atoms with van der Waals surface area (Å²) in [6.07, 6.45) is 0.804. The van der Waals surface area contributed by atoms with Gasteiger partial charge in [-0.05, 0) is 37.6 Å². The molecule has 158 valence electrons. The number of benzene rings is 2. The van der Waals surface area contributed by atoms with E-state index in [1.165, 1.54) is 11.8 Å². The molecule has 3 rings (SSSR count). The Morgan fingerprint density at radius 3 is 2.57 bits per heavy atom. The fourth-order valence-corrected chi connectivity index (χ4v) is 4.18. The quantitative estimate of drug-likeness (QED) is 0.332. The van der Waals surface area contributed by atoms with Gasteiger partial charge < -0.3 is 14.2 Å². The molecule has 0 spiro atoms. The van der Waals surface area contributed by atoms with Crippen molar-refractivity contribution in [1.82, 2.24) is 14.8 Å². The van der Waals surface area contributed by atoms with Gasteiger partial charge in [0.05, 0.1) is 10.8 Å². The van der Waals surface area contributed by atoms with Crippen molar-refractivity contribution < 1.29 is 9.53 Å². The zero-order valence-electron chi connectivity index (χ0n) is 17.1. The lowest BCUT2D eigenvalue weighted by Gasteiger charge is -2.20. The maximum Gasteiger partial charge on any atom is 0.237 e. The number of hydrogen-bond acceptors (Lipinski definition) is 5. The Morgan fingerprint density at radius 1 is 1.13 bits per heavy atom. The molecule has 0 bridgehead atoms. The summed E-state index contributed by atoms with van der Waals surface area (Å²) < 4.78 is 7.21. The van der Waals surface area contributed by atoms with Gasteiger partial charge in [-0.3, -0.25) is 4.79 Å². The average Bonchev–Trinajstić information content (AvgIpc) is 3.16. The number of ether oxygens (including phenoxy) is 1. The number of thioether (sulfide) groups is 1. The standard InChI is InChI=1S/C22H25ClN4O2S/c1-3-26(17-10-5-4-6-11-17)20(28)16-30-22-25-24-21(27(22)14-9-15-29-2)18-12-7-8-13-19(18)23/h4-8,10-13H,3,9,14-16H2,1-2H3. The summed E-state index contributed by atoms with van der Waals surface area (Å²) in [5.41, 5.74) is 1.71. The third-order valence-corrected chi connectivity index (χ3v) is 5.85. The van der Waals surface area contributed by atoms with Gasteiger partial charge in [-0.15, -0.1) is 10.2 Å². The maximum absolute atomic E-state index is 12.9. The van der Waals surface area contributed by atoms with Gasteiger partial charge in [0.1, 0.15) is 0 Å². The summed E-state index contributed by atoms with van der Waals surface area (Å²) >= 11 is 7.77. The first-order valence-electron chi connectivity index (χ1n) is 9.81. The second-order valence-electron chi connectivity index (χ2n) is 6.55. The average molecular weight is 445 g/mol. The molecule has 0 atom stereocenters. The molecule has 0 aliphatic heterocycles. The van der Waals surface area contributed by atoms with E-state index in [0.717, 1.165) is 17.7 Å². The Hall–Kier alpha value is -2.35. The smallest absolute Gasteiger partial charge is 0.237 e. The van der Waals surface area contributed by atoms with Crippen LogP contribution in [0.15, 0.2) is 59.8 Å². The largest absolute Gasteiger partial charge is 0.385 e. The molecule has 0 N–H and O–H groups in total. The number of anilines is 1. The van der Waals surface area contributed by atoms with Crippen molar-refractivity contribution >= 4 is 35.0 Å².